The van der Waals surface area contributed by atoms with Gasteiger partial charge in [0.15, 0.2) is 0 Å². The molecule has 2 aromatic rings. The molecule has 0 fully saturated rings. The Morgan fingerprint density at radius 2 is 2.10 bits per heavy atom. The fourth-order valence-electron chi connectivity index (χ4n) is 2.47. The summed E-state index contributed by atoms with van der Waals surface area (Å²) in [6, 6.07) is 12.6. The van der Waals surface area contributed by atoms with Crippen molar-refractivity contribution in [1.29, 1.82) is 0 Å². The summed E-state index contributed by atoms with van der Waals surface area (Å²) in [4.78, 5) is 0.192. The van der Waals surface area contributed by atoms with Gasteiger partial charge in [-0.15, -0.1) is 0 Å². The van der Waals surface area contributed by atoms with E-state index < -0.39 is 0 Å². The predicted molar refractivity (Wildman–Crippen MR) is 85.2 cm³/mol. The molecule has 0 amide bonds. The van der Waals surface area contributed by atoms with Gasteiger partial charge in [0, 0.05) is 17.5 Å². The number of nitrogens with two attached hydrogens (primary N) is 1. The number of fused-ring (bicyclic) bond motifs is 1. The molecule has 0 bridgehead atoms. The van der Waals surface area contributed by atoms with E-state index in [0.29, 0.717) is 17.9 Å². The summed E-state index contributed by atoms with van der Waals surface area (Å²) >= 11 is 4.85. The van der Waals surface area contributed by atoms with Crippen molar-refractivity contribution in [3.05, 3.63) is 59.4 Å². The fraction of sp³-hybridized carbons (Fsp3) is 0.188. The smallest absolute Gasteiger partial charge is 0.147 e. The lowest BCUT2D eigenvalue weighted by Crippen LogP contribution is -2.21. The summed E-state index contributed by atoms with van der Waals surface area (Å²) in [7, 11) is 0. The van der Waals surface area contributed by atoms with E-state index in [-0.39, 0.29) is 16.8 Å². The van der Waals surface area contributed by atoms with Crippen molar-refractivity contribution in [2.45, 2.75) is 12.5 Å². The maximum absolute atomic E-state index is 14.1. The number of ether oxygens (including phenoxy) is 1. The van der Waals surface area contributed by atoms with E-state index in [1.807, 2.05) is 24.3 Å². The zero-order valence-corrected chi connectivity index (χ0v) is 12.1. The molecule has 108 valence electrons. The number of hydrogen-bond donors (Lipinski definition) is 2. The van der Waals surface area contributed by atoms with Crippen LogP contribution in [-0.4, -0.2) is 11.6 Å². The van der Waals surface area contributed by atoms with Crippen LogP contribution in [0.3, 0.4) is 0 Å². The van der Waals surface area contributed by atoms with E-state index in [2.05, 4.69) is 5.32 Å². The number of rotatable bonds is 3. The van der Waals surface area contributed by atoms with Gasteiger partial charge >= 0.3 is 0 Å². The largest absolute Gasteiger partial charge is 0.493 e. The Labute approximate surface area is 127 Å². The number of benzene rings is 2. The van der Waals surface area contributed by atoms with Crippen LogP contribution >= 0.6 is 12.2 Å². The van der Waals surface area contributed by atoms with E-state index in [1.165, 1.54) is 6.07 Å². The summed E-state index contributed by atoms with van der Waals surface area (Å²) in [5.41, 5.74) is 7.52. The van der Waals surface area contributed by atoms with Gasteiger partial charge in [0.25, 0.3) is 0 Å². The van der Waals surface area contributed by atoms with E-state index in [0.717, 1.165) is 17.7 Å². The summed E-state index contributed by atoms with van der Waals surface area (Å²) in [5, 5.41) is 3.23. The maximum Gasteiger partial charge on any atom is 0.147 e. The molecule has 3 N–H and O–H groups in total. The number of halogens is 1. The third-order valence-electron chi connectivity index (χ3n) is 3.54. The molecule has 0 aliphatic carbocycles. The molecule has 5 heteroatoms. The van der Waals surface area contributed by atoms with Gasteiger partial charge in [0.05, 0.1) is 18.3 Å². The number of para-hydroxylation sites is 1. The first-order valence-corrected chi connectivity index (χ1v) is 7.13. The Bertz CT molecular complexity index is 690. The van der Waals surface area contributed by atoms with Crippen LogP contribution < -0.4 is 15.8 Å². The van der Waals surface area contributed by atoms with Crippen molar-refractivity contribution in [2.24, 2.45) is 5.73 Å². The molecule has 2 aromatic carbocycles. The summed E-state index contributed by atoms with van der Waals surface area (Å²) < 4.78 is 19.7. The van der Waals surface area contributed by atoms with Gasteiger partial charge < -0.3 is 15.8 Å². The number of thiocarbonyl (C=S) groups is 1. The fourth-order valence-corrected chi connectivity index (χ4v) is 2.59. The van der Waals surface area contributed by atoms with Crippen molar-refractivity contribution < 1.29 is 9.13 Å². The average Bonchev–Trinajstić information content (AvgIpc) is 2.49. The summed E-state index contributed by atoms with van der Waals surface area (Å²) in [5.74, 6) is 0.491. The Morgan fingerprint density at radius 1 is 1.29 bits per heavy atom. The molecule has 0 saturated heterocycles. The highest BCUT2D eigenvalue weighted by Crippen LogP contribution is 2.34. The normalized spacial score (nSPS) is 16.7. The van der Waals surface area contributed by atoms with Crippen LogP contribution in [-0.2, 0) is 0 Å². The number of anilines is 1. The monoisotopic (exact) mass is 302 g/mol. The molecule has 3 nitrogen and oxygen atoms in total. The van der Waals surface area contributed by atoms with Crippen molar-refractivity contribution in [1.82, 2.24) is 0 Å². The molecule has 1 unspecified atom stereocenters. The van der Waals surface area contributed by atoms with Crippen molar-refractivity contribution in [2.75, 3.05) is 11.9 Å². The minimum atomic E-state index is -0.357. The minimum absolute atomic E-state index is 0.0279. The van der Waals surface area contributed by atoms with Crippen LogP contribution in [0.1, 0.15) is 23.6 Å². The van der Waals surface area contributed by atoms with Gasteiger partial charge in [-0.3, -0.25) is 0 Å². The second-order valence-corrected chi connectivity index (χ2v) is 5.37. The molecule has 21 heavy (non-hydrogen) atoms. The van der Waals surface area contributed by atoms with Crippen LogP contribution in [0.5, 0.6) is 5.75 Å². The lowest BCUT2D eigenvalue weighted by Gasteiger charge is -2.27. The molecular weight excluding hydrogens is 287 g/mol. The third-order valence-corrected chi connectivity index (χ3v) is 3.78. The molecule has 0 saturated carbocycles. The Hall–Kier alpha value is -2.14. The first-order chi connectivity index (χ1) is 10.1. The average molecular weight is 302 g/mol. The second kappa shape index (κ2) is 5.69. The SMILES string of the molecule is NC(=S)c1ccc(NC2CCOc3ccccc32)c(F)c1. The predicted octanol–water partition coefficient (Wildman–Crippen LogP) is 3.40. The van der Waals surface area contributed by atoms with Crippen molar-refractivity contribution >= 4 is 22.9 Å². The highest BCUT2D eigenvalue weighted by atomic mass is 32.1. The van der Waals surface area contributed by atoms with Crippen LogP contribution in [0.15, 0.2) is 42.5 Å². The molecule has 0 spiro atoms. The molecule has 0 aromatic heterocycles. The van der Waals surface area contributed by atoms with Crippen molar-refractivity contribution in [3.8, 4) is 5.75 Å². The zero-order chi connectivity index (χ0) is 14.8. The standard InChI is InChI=1S/C16H15FN2OS/c17-12-9-10(16(18)21)5-6-14(12)19-13-7-8-20-15-4-2-1-3-11(13)15/h1-6,9,13,19H,7-8H2,(H2,18,21). The Balaban J connectivity index is 1.86. The van der Waals surface area contributed by atoms with Gasteiger partial charge in [-0.05, 0) is 24.3 Å². The summed E-state index contributed by atoms with van der Waals surface area (Å²) in [6.45, 7) is 0.612. The zero-order valence-electron chi connectivity index (χ0n) is 11.3. The highest BCUT2D eigenvalue weighted by Gasteiger charge is 2.21. The van der Waals surface area contributed by atoms with Crippen molar-refractivity contribution in [3.63, 3.8) is 0 Å². The van der Waals surface area contributed by atoms with E-state index in [9.17, 15) is 4.39 Å². The molecule has 1 atom stereocenters. The lowest BCUT2D eigenvalue weighted by atomic mass is 10.00. The molecule has 3 rings (SSSR count). The summed E-state index contributed by atoms with van der Waals surface area (Å²) in [6.07, 6.45) is 0.785. The third kappa shape index (κ3) is 2.83. The Kier molecular flexibility index (Phi) is 3.75. The van der Waals surface area contributed by atoms with Gasteiger partial charge in [-0.1, -0.05) is 30.4 Å². The van der Waals surface area contributed by atoms with Crippen LogP contribution in [0.25, 0.3) is 0 Å². The lowest BCUT2D eigenvalue weighted by molar-refractivity contribution is 0.274. The van der Waals surface area contributed by atoms with Crippen LogP contribution in [0, 0.1) is 5.82 Å². The second-order valence-electron chi connectivity index (χ2n) is 4.93. The minimum Gasteiger partial charge on any atom is -0.493 e. The van der Waals surface area contributed by atoms with E-state index in [1.54, 1.807) is 12.1 Å². The topological polar surface area (TPSA) is 47.3 Å². The molecule has 0 radical (unpaired) electrons. The molecule has 1 aliphatic heterocycles. The van der Waals surface area contributed by atoms with E-state index in [4.69, 9.17) is 22.7 Å². The number of hydrogen-bond acceptors (Lipinski definition) is 3. The van der Waals surface area contributed by atoms with Gasteiger partial charge in [0.1, 0.15) is 16.6 Å². The van der Waals surface area contributed by atoms with E-state index >= 15 is 0 Å². The first kappa shape index (κ1) is 13.8. The molecular formula is C16H15FN2OS. The van der Waals surface area contributed by atoms with Gasteiger partial charge in [-0.25, -0.2) is 4.39 Å². The highest BCUT2D eigenvalue weighted by molar-refractivity contribution is 7.80. The van der Waals surface area contributed by atoms with Crippen LogP contribution in [0.4, 0.5) is 10.1 Å². The van der Waals surface area contributed by atoms with Gasteiger partial charge in [-0.2, -0.15) is 0 Å². The maximum atomic E-state index is 14.1. The quantitative estimate of drug-likeness (QED) is 0.853. The first-order valence-electron chi connectivity index (χ1n) is 6.73. The van der Waals surface area contributed by atoms with Crippen LogP contribution in [0.2, 0.25) is 0 Å². The Morgan fingerprint density at radius 3 is 2.86 bits per heavy atom. The molecule has 1 aliphatic rings. The molecule has 1 heterocycles. The number of nitrogens with one attached hydrogen (secondary N) is 1. The van der Waals surface area contributed by atoms with Gasteiger partial charge in [0.2, 0.25) is 0 Å².